The number of benzene rings is 3. The van der Waals surface area contributed by atoms with Crippen LogP contribution in [0, 0.1) is 6.92 Å². The summed E-state index contributed by atoms with van der Waals surface area (Å²) < 4.78 is 26.8. The summed E-state index contributed by atoms with van der Waals surface area (Å²) in [5.74, 6) is -3.65. The molecule has 0 bridgehead atoms. The third-order valence-corrected chi connectivity index (χ3v) is 8.67. The van der Waals surface area contributed by atoms with E-state index in [-0.39, 0.29) is 0 Å². The highest BCUT2D eigenvalue weighted by Crippen LogP contribution is 2.33. The third kappa shape index (κ3) is 8.16. The number of rotatable bonds is 8. The fourth-order valence-electron chi connectivity index (χ4n) is 4.50. The molecule has 1 atom stereocenters. The molecule has 202 valence electrons. The van der Waals surface area contributed by atoms with Crippen molar-refractivity contribution in [3.05, 3.63) is 96.1 Å². The van der Waals surface area contributed by atoms with Crippen LogP contribution in [0.1, 0.15) is 29.2 Å². The van der Waals surface area contributed by atoms with Gasteiger partial charge in [0.25, 0.3) is 0 Å². The molecule has 0 spiro atoms. The Bertz CT molecular complexity index is 1280. The van der Waals surface area contributed by atoms with E-state index in [1.54, 1.807) is 24.3 Å². The van der Waals surface area contributed by atoms with Gasteiger partial charge in [0.2, 0.25) is 0 Å². The molecule has 1 aliphatic rings. The van der Waals surface area contributed by atoms with Gasteiger partial charge in [-0.05, 0) is 61.7 Å². The number of hydrogen-bond acceptors (Lipinski definition) is 6. The summed E-state index contributed by atoms with van der Waals surface area (Å²) in [6.45, 7) is 7.09. The van der Waals surface area contributed by atoms with Gasteiger partial charge in [-0.1, -0.05) is 60.7 Å². The van der Waals surface area contributed by atoms with E-state index in [1.165, 1.54) is 11.3 Å². The monoisotopic (exact) mass is 538 g/mol. The van der Waals surface area contributed by atoms with E-state index in [2.05, 4.69) is 41.0 Å². The molecule has 1 unspecified atom stereocenters. The number of sulfone groups is 1. The van der Waals surface area contributed by atoms with Gasteiger partial charge < -0.3 is 15.1 Å². The standard InChI is InChI=1S/C27H32N2O2S.C2H2O4/c1-23-10-8-13-25(22-23)29-20-18-28(19-21-29)17-9-16-27(24-11-4-2-5-12-24)32(30,31)26-14-6-3-7-15-26;3-1(4)2(5)6/h2-8,10-15,22,27H,9,16-21H2,1H3;(H,3,4)(H,5,6). The van der Waals surface area contributed by atoms with E-state index in [9.17, 15) is 8.42 Å². The molecule has 0 saturated carbocycles. The first-order valence-electron chi connectivity index (χ1n) is 12.5. The van der Waals surface area contributed by atoms with Crippen LogP contribution in [0.15, 0.2) is 89.8 Å². The Morgan fingerprint density at radius 1 is 0.816 bits per heavy atom. The lowest BCUT2D eigenvalue weighted by molar-refractivity contribution is -0.159. The van der Waals surface area contributed by atoms with Crippen molar-refractivity contribution in [2.24, 2.45) is 0 Å². The molecule has 3 aromatic rings. The van der Waals surface area contributed by atoms with Crippen molar-refractivity contribution >= 4 is 27.5 Å². The Kier molecular flexibility index (Phi) is 10.4. The van der Waals surface area contributed by atoms with E-state index in [4.69, 9.17) is 19.8 Å². The Balaban J connectivity index is 0.000000599. The van der Waals surface area contributed by atoms with E-state index < -0.39 is 27.0 Å². The van der Waals surface area contributed by atoms with Crippen LogP contribution in [0.4, 0.5) is 5.69 Å². The Labute approximate surface area is 224 Å². The van der Waals surface area contributed by atoms with Crippen molar-refractivity contribution in [3.8, 4) is 0 Å². The smallest absolute Gasteiger partial charge is 0.414 e. The lowest BCUT2D eigenvalue weighted by Crippen LogP contribution is -2.46. The molecular formula is C29H34N2O6S. The van der Waals surface area contributed by atoms with Crippen LogP contribution < -0.4 is 4.90 Å². The van der Waals surface area contributed by atoms with Gasteiger partial charge in [0.1, 0.15) is 0 Å². The SMILES string of the molecule is Cc1cccc(N2CCN(CCCC(c3ccccc3)S(=O)(=O)c3ccccc3)CC2)c1.O=C(O)C(=O)O. The topological polar surface area (TPSA) is 115 Å². The lowest BCUT2D eigenvalue weighted by Gasteiger charge is -2.36. The molecule has 0 aliphatic carbocycles. The molecule has 1 heterocycles. The van der Waals surface area contributed by atoms with Gasteiger partial charge in [-0.2, -0.15) is 0 Å². The number of anilines is 1. The van der Waals surface area contributed by atoms with Crippen LogP contribution in [0.3, 0.4) is 0 Å². The zero-order chi connectivity index (χ0) is 27.5. The normalized spacial score (nSPS) is 14.7. The van der Waals surface area contributed by atoms with Crippen molar-refractivity contribution in [1.29, 1.82) is 0 Å². The molecule has 38 heavy (non-hydrogen) atoms. The minimum Gasteiger partial charge on any atom is -0.473 e. The van der Waals surface area contributed by atoms with Crippen molar-refractivity contribution in [1.82, 2.24) is 4.90 Å². The summed E-state index contributed by atoms with van der Waals surface area (Å²) >= 11 is 0. The predicted octanol–water partition coefficient (Wildman–Crippen LogP) is 4.27. The first-order chi connectivity index (χ1) is 18.2. The first-order valence-corrected chi connectivity index (χ1v) is 14.1. The summed E-state index contributed by atoms with van der Waals surface area (Å²) in [5.41, 5.74) is 3.46. The van der Waals surface area contributed by atoms with Gasteiger partial charge in [0, 0.05) is 31.9 Å². The molecule has 4 rings (SSSR count). The largest absolute Gasteiger partial charge is 0.473 e. The van der Waals surface area contributed by atoms with Crippen LogP contribution in [0.5, 0.6) is 0 Å². The average molecular weight is 539 g/mol. The highest BCUT2D eigenvalue weighted by atomic mass is 32.2. The minimum absolute atomic E-state index is 0.403. The maximum absolute atomic E-state index is 13.4. The second-order valence-electron chi connectivity index (χ2n) is 9.18. The van der Waals surface area contributed by atoms with Crippen molar-refractivity contribution in [2.75, 3.05) is 37.6 Å². The van der Waals surface area contributed by atoms with Crippen molar-refractivity contribution in [2.45, 2.75) is 29.9 Å². The van der Waals surface area contributed by atoms with Gasteiger partial charge in [-0.25, -0.2) is 18.0 Å². The minimum atomic E-state index is -3.43. The number of carboxylic acid groups (broad SMARTS) is 2. The molecule has 1 saturated heterocycles. The fourth-order valence-corrected chi connectivity index (χ4v) is 6.36. The van der Waals surface area contributed by atoms with E-state index >= 15 is 0 Å². The van der Waals surface area contributed by atoms with Gasteiger partial charge >= 0.3 is 11.9 Å². The van der Waals surface area contributed by atoms with E-state index in [0.29, 0.717) is 11.3 Å². The van der Waals surface area contributed by atoms with Crippen molar-refractivity contribution < 1.29 is 28.2 Å². The number of carboxylic acids is 2. The number of aliphatic carboxylic acids is 2. The summed E-state index contributed by atoms with van der Waals surface area (Å²) in [6, 6.07) is 27.2. The van der Waals surface area contributed by atoms with Crippen LogP contribution in [0.25, 0.3) is 0 Å². The van der Waals surface area contributed by atoms with Gasteiger partial charge in [0.05, 0.1) is 10.1 Å². The summed E-state index contributed by atoms with van der Waals surface area (Å²) in [5, 5.41) is 14.3. The predicted molar refractivity (Wildman–Crippen MR) is 147 cm³/mol. The maximum Gasteiger partial charge on any atom is 0.414 e. The number of hydrogen-bond donors (Lipinski definition) is 2. The molecule has 9 heteroatoms. The number of piperazine rings is 1. The zero-order valence-corrected chi connectivity index (χ0v) is 22.3. The fraction of sp³-hybridized carbons (Fsp3) is 0.310. The molecule has 3 aromatic carbocycles. The maximum atomic E-state index is 13.4. The Hall–Kier alpha value is -3.69. The Morgan fingerprint density at radius 3 is 1.95 bits per heavy atom. The van der Waals surface area contributed by atoms with Gasteiger partial charge in [0.15, 0.2) is 9.84 Å². The molecule has 1 fully saturated rings. The first kappa shape index (κ1) is 28.9. The second-order valence-corrected chi connectivity index (χ2v) is 11.3. The number of nitrogens with zero attached hydrogens (tertiary/aromatic N) is 2. The van der Waals surface area contributed by atoms with Crippen LogP contribution in [0.2, 0.25) is 0 Å². The number of aryl methyl sites for hydroxylation is 1. The Morgan fingerprint density at radius 2 is 1.39 bits per heavy atom. The molecule has 2 N–H and O–H groups in total. The molecule has 0 aromatic heterocycles. The van der Waals surface area contributed by atoms with Crippen LogP contribution in [-0.2, 0) is 19.4 Å². The molecule has 0 amide bonds. The molecular weight excluding hydrogens is 504 g/mol. The van der Waals surface area contributed by atoms with Gasteiger partial charge in [-0.15, -0.1) is 0 Å². The summed E-state index contributed by atoms with van der Waals surface area (Å²) in [7, 11) is -3.43. The van der Waals surface area contributed by atoms with Crippen LogP contribution in [-0.4, -0.2) is 68.2 Å². The molecule has 8 nitrogen and oxygen atoms in total. The zero-order valence-electron chi connectivity index (χ0n) is 21.4. The summed E-state index contributed by atoms with van der Waals surface area (Å²) in [4.78, 5) is 23.5. The van der Waals surface area contributed by atoms with E-state index in [0.717, 1.165) is 44.7 Å². The molecule has 0 radical (unpaired) electrons. The quantitative estimate of drug-likeness (QED) is 0.409. The average Bonchev–Trinajstić information content (AvgIpc) is 2.92. The summed E-state index contributed by atoms with van der Waals surface area (Å²) in [6.07, 6.45) is 1.48. The van der Waals surface area contributed by atoms with Crippen molar-refractivity contribution in [3.63, 3.8) is 0 Å². The number of carbonyl (C=O) groups is 2. The van der Waals surface area contributed by atoms with Gasteiger partial charge in [-0.3, -0.25) is 4.90 Å². The second kappa shape index (κ2) is 13.7. The molecule has 1 aliphatic heterocycles. The highest BCUT2D eigenvalue weighted by Gasteiger charge is 2.29. The third-order valence-electron chi connectivity index (χ3n) is 6.48. The van der Waals surface area contributed by atoms with E-state index in [1.807, 2.05) is 36.4 Å². The lowest BCUT2D eigenvalue weighted by atomic mass is 10.1. The highest BCUT2D eigenvalue weighted by molar-refractivity contribution is 7.91. The van der Waals surface area contributed by atoms with Crippen LogP contribution >= 0.6 is 0 Å².